The van der Waals surface area contributed by atoms with E-state index in [1.54, 1.807) is 21.6 Å². The summed E-state index contributed by atoms with van der Waals surface area (Å²) in [5.41, 5.74) is 0. The first-order valence-electron chi connectivity index (χ1n) is 6.44. The van der Waals surface area contributed by atoms with Crippen LogP contribution in [-0.4, -0.2) is 35.0 Å². The molecule has 1 amide bonds. The van der Waals surface area contributed by atoms with Crippen LogP contribution in [0.5, 0.6) is 0 Å². The van der Waals surface area contributed by atoms with Crippen LogP contribution in [0.15, 0.2) is 0 Å². The number of carbonyl (C=O) groups excluding carboxylic acids is 1. The summed E-state index contributed by atoms with van der Waals surface area (Å²) in [5.74, 6) is 1.13. The number of carboxylic acids is 1. The van der Waals surface area contributed by atoms with Gasteiger partial charge in [-0.2, -0.15) is 0 Å². The Kier molecular flexibility index (Phi) is 8.33. The first-order chi connectivity index (χ1) is 8.70. The number of nitrogens with one attached hydrogen (secondary N) is 1. The fourth-order valence-corrected chi connectivity index (χ4v) is 3.86. The Morgan fingerprint density at radius 2 is 1.78 bits per heavy atom. The van der Waals surface area contributed by atoms with Crippen LogP contribution < -0.4 is 5.32 Å². The minimum absolute atomic E-state index is 0.200. The summed E-state index contributed by atoms with van der Waals surface area (Å²) in [7, 11) is 3.18. The topological polar surface area (TPSA) is 66.4 Å². The van der Waals surface area contributed by atoms with E-state index in [-0.39, 0.29) is 18.2 Å². The van der Waals surface area contributed by atoms with Crippen molar-refractivity contribution in [2.75, 3.05) is 18.1 Å². The molecule has 1 fully saturated rings. The van der Waals surface area contributed by atoms with Crippen LogP contribution in [0.1, 0.15) is 38.5 Å². The molecule has 1 aliphatic carbocycles. The standard InChI is InChI=1S/C12H21NO3S2/c14-11(15)6-8-17-18-9-7-13-12(16)10-4-2-1-3-5-10/h10H,1-9H2,(H,13,16)(H,14,15). The van der Waals surface area contributed by atoms with Gasteiger partial charge in [-0.05, 0) is 12.8 Å². The predicted molar refractivity (Wildman–Crippen MR) is 76.8 cm³/mol. The molecule has 0 saturated heterocycles. The second-order valence-electron chi connectivity index (χ2n) is 4.41. The predicted octanol–water partition coefficient (Wildman–Crippen LogP) is 2.54. The molecule has 0 heterocycles. The third kappa shape index (κ3) is 7.16. The number of carboxylic acid groups (broad SMARTS) is 1. The maximum atomic E-state index is 11.8. The van der Waals surface area contributed by atoms with E-state index in [2.05, 4.69) is 5.32 Å². The highest BCUT2D eigenvalue weighted by Crippen LogP contribution is 2.24. The van der Waals surface area contributed by atoms with Gasteiger partial charge in [0.1, 0.15) is 0 Å². The molecule has 18 heavy (non-hydrogen) atoms. The summed E-state index contributed by atoms with van der Waals surface area (Å²) in [4.78, 5) is 22.0. The van der Waals surface area contributed by atoms with Crippen LogP contribution in [0.25, 0.3) is 0 Å². The minimum atomic E-state index is -0.756. The van der Waals surface area contributed by atoms with Crippen molar-refractivity contribution in [2.24, 2.45) is 5.92 Å². The maximum absolute atomic E-state index is 11.8. The molecule has 104 valence electrons. The average Bonchev–Trinajstić information content (AvgIpc) is 2.38. The fourth-order valence-electron chi connectivity index (χ4n) is 1.97. The third-order valence-corrected chi connectivity index (χ3v) is 5.35. The van der Waals surface area contributed by atoms with Crippen molar-refractivity contribution in [3.63, 3.8) is 0 Å². The SMILES string of the molecule is O=C(O)CCSSCCNC(=O)C1CCCCC1. The van der Waals surface area contributed by atoms with Crippen LogP contribution in [0.3, 0.4) is 0 Å². The highest BCUT2D eigenvalue weighted by atomic mass is 33.1. The molecule has 0 bridgehead atoms. The molecular weight excluding hydrogens is 270 g/mol. The number of aliphatic carboxylic acids is 1. The van der Waals surface area contributed by atoms with Crippen molar-refractivity contribution in [3.8, 4) is 0 Å². The van der Waals surface area contributed by atoms with Gasteiger partial charge >= 0.3 is 5.97 Å². The van der Waals surface area contributed by atoms with Crippen molar-refractivity contribution in [2.45, 2.75) is 38.5 Å². The number of hydrogen-bond acceptors (Lipinski definition) is 4. The van der Waals surface area contributed by atoms with Gasteiger partial charge in [0.2, 0.25) is 5.91 Å². The summed E-state index contributed by atoms with van der Waals surface area (Å²) in [6.07, 6.45) is 5.89. The quantitative estimate of drug-likeness (QED) is 0.531. The number of carbonyl (C=O) groups is 2. The Bertz CT molecular complexity index is 268. The van der Waals surface area contributed by atoms with E-state index in [9.17, 15) is 9.59 Å². The van der Waals surface area contributed by atoms with Crippen molar-refractivity contribution < 1.29 is 14.7 Å². The summed E-state index contributed by atoms with van der Waals surface area (Å²) in [6.45, 7) is 0.681. The molecule has 0 atom stereocenters. The second-order valence-corrected chi connectivity index (χ2v) is 7.12. The summed E-state index contributed by atoms with van der Waals surface area (Å²) in [5, 5.41) is 11.4. The van der Waals surface area contributed by atoms with Gasteiger partial charge in [-0.3, -0.25) is 9.59 Å². The molecule has 4 nitrogen and oxygen atoms in total. The Labute approximate surface area is 116 Å². The van der Waals surface area contributed by atoms with E-state index in [0.717, 1.165) is 18.6 Å². The molecule has 0 radical (unpaired) electrons. The summed E-state index contributed by atoms with van der Waals surface area (Å²) >= 11 is 0. The lowest BCUT2D eigenvalue weighted by atomic mass is 9.89. The lowest BCUT2D eigenvalue weighted by Crippen LogP contribution is -2.33. The molecule has 0 aromatic heterocycles. The van der Waals surface area contributed by atoms with Gasteiger partial charge in [0.25, 0.3) is 0 Å². The Hall–Kier alpha value is -0.360. The van der Waals surface area contributed by atoms with Crippen LogP contribution in [0, 0.1) is 5.92 Å². The van der Waals surface area contributed by atoms with E-state index in [0.29, 0.717) is 12.3 Å². The van der Waals surface area contributed by atoms with Gasteiger partial charge in [0.15, 0.2) is 0 Å². The van der Waals surface area contributed by atoms with Gasteiger partial charge in [0, 0.05) is 24.0 Å². The van der Waals surface area contributed by atoms with Gasteiger partial charge in [-0.15, -0.1) is 0 Å². The van der Waals surface area contributed by atoms with Crippen molar-refractivity contribution in [1.29, 1.82) is 0 Å². The van der Waals surface area contributed by atoms with Crippen LogP contribution in [0.4, 0.5) is 0 Å². The van der Waals surface area contributed by atoms with Gasteiger partial charge in [-0.1, -0.05) is 40.9 Å². The lowest BCUT2D eigenvalue weighted by Gasteiger charge is -2.20. The van der Waals surface area contributed by atoms with E-state index < -0.39 is 5.97 Å². The number of rotatable bonds is 8. The number of hydrogen-bond donors (Lipinski definition) is 2. The molecular formula is C12H21NO3S2. The molecule has 0 unspecified atom stereocenters. The van der Waals surface area contributed by atoms with E-state index in [1.807, 2.05) is 0 Å². The largest absolute Gasteiger partial charge is 0.481 e. The molecule has 6 heteroatoms. The van der Waals surface area contributed by atoms with Gasteiger partial charge < -0.3 is 10.4 Å². The van der Waals surface area contributed by atoms with Crippen LogP contribution in [0.2, 0.25) is 0 Å². The average molecular weight is 291 g/mol. The van der Waals surface area contributed by atoms with Crippen LogP contribution in [-0.2, 0) is 9.59 Å². The lowest BCUT2D eigenvalue weighted by molar-refractivity contribution is -0.136. The second kappa shape index (κ2) is 9.55. The van der Waals surface area contributed by atoms with Crippen LogP contribution >= 0.6 is 21.6 Å². The Morgan fingerprint density at radius 3 is 2.44 bits per heavy atom. The molecule has 0 aliphatic heterocycles. The monoisotopic (exact) mass is 291 g/mol. The molecule has 0 aromatic rings. The first kappa shape index (κ1) is 15.7. The maximum Gasteiger partial charge on any atom is 0.304 e. The highest BCUT2D eigenvalue weighted by molar-refractivity contribution is 8.76. The first-order valence-corrected chi connectivity index (χ1v) is 8.93. The molecule has 0 spiro atoms. The third-order valence-electron chi connectivity index (χ3n) is 2.94. The summed E-state index contributed by atoms with van der Waals surface area (Å²) in [6, 6.07) is 0. The molecule has 0 aromatic carbocycles. The van der Waals surface area contributed by atoms with E-state index in [1.165, 1.54) is 19.3 Å². The Morgan fingerprint density at radius 1 is 1.11 bits per heavy atom. The highest BCUT2D eigenvalue weighted by Gasteiger charge is 2.20. The fraction of sp³-hybridized carbons (Fsp3) is 0.833. The Balaban J connectivity index is 1.93. The number of amides is 1. The zero-order valence-corrected chi connectivity index (χ0v) is 12.2. The van der Waals surface area contributed by atoms with E-state index in [4.69, 9.17) is 5.11 Å². The minimum Gasteiger partial charge on any atom is -0.481 e. The molecule has 1 aliphatic rings. The normalized spacial score (nSPS) is 16.4. The molecule has 2 N–H and O–H groups in total. The van der Waals surface area contributed by atoms with Crippen molar-refractivity contribution in [1.82, 2.24) is 5.32 Å². The van der Waals surface area contributed by atoms with Gasteiger partial charge in [0.05, 0.1) is 6.42 Å². The zero-order chi connectivity index (χ0) is 13.2. The zero-order valence-electron chi connectivity index (χ0n) is 10.5. The molecule has 1 rings (SSSR count). The van der Waals surface area contributed by atoms with Crippen molar-refractivity contribution in [3.05, 3.63) is 0 Å². The van der Waals surface area contributed by atoms with E-state index >= 15 is 0 Å². The summed E-state index contributed by atoms with van der Waals surface area (Å²) < 4.78 is 0. The van der Waals surface area contributed by atoms with Crippen molar-refractivity contribution >= 4 is 33.5 Å². The molecule has 1 saturated carbocycles. The smallest absolute Gasteiger partial charge is 0.304 e. The van der Waals surface area contributed by atoms with Gasteiger partial charge in [-0.25, -0.2) is 0 Å².